The number of nitrogens with one attached hydrogen (secondary N) is 1. The van der Waals surface area contributed by atoms with E-state index in [0.717, 1.165) is 36.9 Å². The van der Waals surface area contributed by atoms with Crippen LogP contribution in [-0.2, 0) is 10.2 Å². The SMILES string of the molecule is O=C(Nc1cccc(C2=CCCCC2)n1)C1(c2ccccc2)CC1. The van der Waals surface area contributed by atoms with Crippen LogP contribution in [0.4, 0.5) is 5.82 Å². The minimum atomic E-state index is -0.358. The van der Waals surface area contributed by atoms with Crippen LogP contribution < -0.4 is 5.32 Å². The molecule has 0 bridgehead atoms. The van der Waals surface area contributed by atoms with Gasteiger partial charge in [-0.25, -0.2) is 4.98 Å². The molecule has 0 atom stereocenters. The second-order valence-corrected chi connectivity index (χ2v) is 6.79. The summed E-state index contributed by atoms with van der Waals surface area (Å²) in [4.78, 5) is 17.5. The van der Waals surface area contributed by atoms with Gasteiger partial charge < -0.3 is 5.32 Å². The molecule has 1 aromatic carbocycles. The smallest absolute Gasteiger partial charge is 0.236 e. The number of hydrogen-bond donors (Lipinski definition) is 1. The second kappa shape index (κ2) is 6.23. The van der Waals surface area contributed by atoms with Gasteiger partial charge in [-0.3, -0.25) is 4.79 Å². The van der Waals surface area contributed by atoms with Crippen molar-refractivity contribution in [1.29, 1.82) is 0 Å². The van der Waals surface area contributed by atoms with Gasteiger partial charge in [-0.05, 0) is 61.8 Å². The zero-order valence-electron chi connectivity index (χ0n) is 13.8. The van der Waals surface area contributed by atoms with Crippen LogP contribution in [0.3, 0.4) is 0 Å². The van der Waals surface area contributed by atoms with Gasteiger partial charge in [-0.15, -0.1) is 0 Å². The van der Waals surface area contributed by atoms with E-state index < -0.39 is 0 Å². The van der Waals surface area contributed by atoms with Crippen molar-refractivity contribution in [3.05, 3.63) is 65.9 Å². The number of anilines is 1. The number of amides is 1. The standard InChI is InChI=1S/C21H22N2O/c24-20(21(14-15-21)17-10-5-2-6-11-17)23-19-13-7-12-18(22-19)16-8-3-1-4-9-16/h2,5-8,10-13H,1,3-4,9,14-15H2,(H,22,23,24). The van der Waals surface area contributed by atoms with Crippen molar-refractivity contribution >= 4 is 17.3 Å². The number of carbonyl (C=O) groups is 1. The van der Waals surface area contributed by atoms with Crippen molar-refractivity contribution in [3.8, 4) is 0 Å². The number of aromatic nitrogens is 1. The van der Waals surface area contributed by atoms with E-state index in [-0.39, 0.29) is 11.3 Å². The Hall–Kier alpha value is -2.42. The molecule has 0 aliphatic heterocycles. The highest BCUT2D eigenvalue weighted by molar-refractivity contribution is 6.00. The maximum Gasteiger partial charge on any atom is 0.236 e. The molecular formula is C21H22N2O. The topological polar surface area (TPSA) is 42.0 Å². The molecular weight excluding hydrogens is 296 g/mol. The van der Waals surface area contributed by atoms with Crippen molar-refractivity contribution < 1.29 is 4.79 Å². The molecule has 0 spiro atoms. The number of pyridine rings is 1. The summed E-state index contributed by atoms with van der Waals surface area (Å²) in [5.41, 5.74) is 3.05. The van der Waals surface area contributed by atoms with Crippen LogP contribution in [0.2, 0.25) is 0 Å². The predicted octanol–water partition coefficient (Wildman–Crippen LogP) is 4.71. The first-order valence-electron chi connectivity index (χ1n) is 8.81. The predicted molar refractivity (Wildman–Crippen MR) is 96.7 cm³/mol. The van der Waals surface area contributed by atoms with Crippen LogP contribution in [0.25, 0.3) is 5.57 Å². The van der Waals surface area contributed by atoms with E-state index in [0.29, 0.717) is 5.82 Å². The highest BCUT2D eigenvalue weighted by Gasteiger charge is 2.51. The Morgan fingerprint density at radius 1 is 1.00 bits per heavy atom. The Labute approximate surface area is 142 Å². The molecule has 122 valence electrons. The fraction of sp³-hybridized carbons (Fsp3) is 0.333. The molecule has 2 aliphatic carbocycles. The third kappa shape index (κ3) is 2.86. The van der Waals surface area contributed by atoms with Gasteiger partial charge >= 0.3 is 0 Å². The summed E-state index contributed by atoms with van der Waals surface area (Å²) in [6.45, 7) is 0. The van der Waals surface area contributed by atoms with Gasteiger partial charge in [0.1, 0.15) is 5.82 Å². The summed E-state index contributed by atoms with van der Waals surface area (Å²) in [5.74, 6) is 0.724. The Bertz CT molecular complexity index is 775. The van der Waals surface area contributed by atoms with E-state index in [9.17, 15) is 4.79 Å². The van der Waals surface area contributed by atoms with Crippen LogP contribution >= 0.6 is 0 Å². The van der Waals surface area contributed by atoms with E-state index in [1.807, 2.05) is 48.5 Å². The van der Waals surface area contributed by atoms with E-state index in [1.54, 1.807) is 0 Å². The zero-order chi connectivity index (χ0) is 16.4. The van der Waals surface area contributed by atoms with Crippen molar-refractivity contribution in [1.82, 2.24) is 4.98 Å². The quantitative estimate of drug-likeness (QED) is 0.887. The fourth-order valence-corrected chi connectivity index (χ4v) is 3.52. The van der Waals surface area contributed by atoms with E-state index in [2.05, 4.69) is 16.4 Å². The lowest BCUT2D eigenvalue weighted by Gasteiger charge is -2.16. The van der Waals surface area contributed by atoms with Gasteiger partial charge in [0.2, 0.25) is 5.91 Å². The molecule has 1 aromatic heterocycles. The van der Waals surface area contributed by atoms with Gasteiger partial charge in [0.25, 0.3) is 0 Å². The van der Waals surface area contributed by atoms with Crippen LogP contribution in [0.5, 0.6) is 0 Å². The lowest BCUT2D eigenvalue weighted by molar-refractivity contribution is -0.118. The second-order valence-electron chi connectivity index (χ2n) is 6.79. The third-order valence-electron chi connectivity index (χ3n) is 5.12. The van der Waals surface area contributed by atoms with Crippen molar-refractivity contribution in [2.45, 2.75) is 43.9 Å². The lowest BCUT2D eigenvalue weighted by atomic mass is 9.95. The molecule has 1 heterocycles. The first kappa shape index (κ1) is 15.1. The molecule has 24 heavy (non-hydrogen) atoms. The van der Waals surface area contributed by atoms with Crippen LogP contribution in [0.15, 0.2) is 54.6 Å². The number of carbonyl (C=O) groups excluding carboxylic acids is 1. The Morgan fingerprint density at radius 2 is 1.83 bits per heavy atom. The molecule has 1 amide bonds. The zero-order valence-corrected chi connectivity index (χ0v) is 13.8. The van der Waals surface area contributed by atoms with Gasteiger partial charge in [0, 0.05) is 0 Å². The molecule has 2 aliphatic rings. The molecule has 3 heteroatoms. The summed E-state index contributed by atoms with van der Waals surface area (Å²) in [6.07, 6.45) is 8.80. The maximum atomic E-state index is 12.8. The molecule has 2 aromatic rings. The number of benzene rings is 1. The molecule has 1 N–H and O–H groups in total. The molecule has 1 fully saturated rings. The molecule has 0 unspecified atom stereocenters. The number of hydrogen-bond acceptors (Lipinski definition) is 2. The van der Waals surface area contributed by atoms with Crippen molar-refractivity contribution in [3.63, 3.8) is 0 Å². The largest absolute Gasteiger partial charge is 0.310 e. The van der Waals surface area contributed by atoms with Crippen molar-refractivity contribution in [2.75, 3.05) is 5.32 Å². The number of allylic oxidation sites excluding steroid dienone is 2. The summed E-state index contributed by atoms with van der Waals surface area (Å²) in [6, 6.07) is 16.0. The average molecular weight is 318 g/mol. The lowest BCUT2D eigenvalue weighted by Crippen LogP contribution is -2.28. The molecule has 0 radical (unpaired) electrons. The minimum Gasteiger partial charge on any atom is -0.310 e. The molecule has 4 rings (SSSR count). The molecule has 3 nitrogen and oxygen atoms in total. The van der Waals surface area contributed by atoms with Gasteiger partial charge in [-0.2, -0.15) is 0 Å². The van der Waals surface area contributed by atoms with Crippen LogP contribution in [0.1, 0.15) is 49.8 Å². The van der Waals surface area contributed by atoms with Crippen molar-refractivity contribution in [2.24, 2.45) is 0 Å². The van der Waals surface area contributed by atoms with Gasteiger partial charge in [0.15, 0.2) is 0 Å². The van der Waals surface area contributed by atoms with Gasteiger partial charge in [0.05, 0.1) is 11.1 Å². The Balaban J connectivity index is 1.53. The molecule has 0 saturated heterocycles. The van der Waals surface area contributed by atoms with Crippen LogP contribution in [-0.4, -0.2) is 10.9 Å². The van der Waals surface area contributed by atoms with E-state index in [4.69, 9.17) is 0 Å². The Morgan fingerprint density at radius 3 is 2.54 bits per heavy atom. The average Bonchev–Trinajstić information content (AvgIpc) is 3.46. The summed E-state index contributed by atoms with van der Waals surface area (Å²) < 4.78 is 0. The third-order valence-corrected chi connectivity index (χ3v) is 5.12. The maximum absolute atomic E-state index is 12.8. The minimum absolute atomic E-state index is 0.0657. The van der Waals surface area contributed by atoms with E-state index in [1.165, 1.54) is 18.4 Å². The Kier molecular flexibility index (Phi) is 3.93. The summed E-state index contributed by atoms with van der Waals surface area (Å²) >= 11 is 0. The first-order valence-corrected chi connectivity index (χ1v) is 8.81. The normalized spacial score (nSPS) is 18.6. The van der Waals surface area contributed by atoms with Crippen LogP contribution in [0, 0.1) is 0 Å². The summed E-state index contributed by atoms with van der Waals surface area (Å²) in [7, 11) is 0. The van der Waals surface area contributed by atoms with E-state index >= 15 is 0 Å². The molecule has 1 saturated carbocycles. The monoisotopic (exact) mass is 318 g/mol. The highest BCUT2D eigenvalue weighted by atomic mass is 16.2. The first-order chi connectivity index (χ1) is 11.8. The number of rotatable bonds is 4. The van der Waals surface area contributed by atoms with Gasteiger partial charge in [-0.1, -0.05) is 42.5 Å². The fourth-order valence-electron chi connectivity index (χ4n) is 3.52. The highest BCUT2D eigenvalue weighted by Crippen LogP contribution is 2.48. The summed E-state index contributed by atoms with van der Waals surface area (Å²) in [5, 5.41) is 3.05. The number of nitrogens with zero attached hydrogens (tertiary/aromatic N) is 1.